The fraction of sp³-hybridized carbons (Fsp3) is 0.474. The SMILES string of the molecule is O=C(Nc1cnccn1)N1C=NC(N2CCCCC2)=CC=CN2CC[C@H]1C2. The smallest absolute Gasteiger partial charge is 0.328 e. The first kappa shape index (κ1) is 17.5. The van der Waals surface area contributed by atoms with Gasteiger partial charge in [0.2, 0.25) is 0 Å². The lowest BCUT2D eigenvalue weighted by atomic mass is 10.1. The molecule has 2 saturated heterocycles. The number of fused-ring (bicyclic) bond motifs is 2. The maximum absolute atomic E-state index is 12.9. The number of carbonyl (C=O) groups is 1. The fourth-order valence-electron chi connectivity index (χ4n) is 3.71. The zero-order valence-electron chi connectivity index (χ0n) is 15.4. The molecule has 0 radical (unpaired) electrons. The van der Waals surface area contributed by atoms with Crippen molar-refractivity contribution in [2.45, 2.75) is 31.7 Å². The van der Waals surface area contributed by atoms with Crippen LogP contribution in [0.25, 0.3) is 0 Å². The Hall–Kier alpha value is -2.90. The van der Waals surface area contributed by atoms with Gasteiger partial charge in [0.15, 0.2) is 5.82 Å². The Morgan fingerprint density at radius 3 is 2.85 bits per heavy atom. The van der Waals surface area contributed by atoms with Crippen molar-refractivity contribution in [1.29, 1.82) is 0 Å². The van der Waals surface area contributed by atoms with Gasteiger partial charge in [0.1, 0.15) is 12.2 Å². The van der Waals surface area contributed by atoms with Gasteiger partial charge in [0.25, 0.3) is 0 Å². The molecule has 2 fully saturated rings. The number of amides is 2. The molecule has 0 saturated carbocycles. The van der Waals surface area contributed by atoms with Crippen LogP contribution in [-0.2, 0) is 0 Å². The number of aromatic nitrogens is 2. The van der Waals surface area contributed by atoms with Gasteiger partial charge in [-0.15, -0.1) is 0 Å². The Morgan fingerprint density at radius 2 is 2.04 bits per heavy atom. The van der Waals surface area contributed by atoms with E-state index in [1.165, 1.54) is 19.3 Å². The predicted molar refractivity (Wildman–Crippen MR) is 104 cm³/mol. The number of likely N-dealkylation sites (tertiary alicyclic amines) is 1. The van der Waals surface area contributed by atoms with Crippen LogP contribution in [-0.4, -0.2) is 69.3 Å². The predicted octanol–water partition coefficient (Wildman–Crippen LogP) is 2.27. The summed E-state index contributed by atoms with van der Waals surface area (Å²) in [5, 5.41) is 2.83. The number of hydrogen-bond acceptors (Lipinski definition) is 6. The summed E-state index contributed by atoms with van der Waals surface area (Å²) in [4.78, 5) is 32.0. The highest BCUT2D eigenvalue weighted by Gasteiger charge is 2.29. The molecule has 4 heterocycles. The maximum atomic E-state index is 12.9. The third kappa shape index (κ3) is 4.27. The molecule has 27 heavy (non-hydrogen) atoms. The van der Waals surface area contributed by atoms with Gasteiger partial charge in [0.05, 0.1) is 12.2 Å². The van der Waals surface area contributed by atoms with E-state index in [2.05, 4.69) is 37.4 Å². The molecule has 142 valence electrons. The Bertz CT molecular complexity index is 740. The molecule has 1 N–H and O–H groups in total. The van der Waals surface area contributed by atoms with Gasteiger partial charge in [-0.25, -0.2) is 14.8 Å². The molecule has 3 aliphatic heterocycles. The van der Waals surface area contributed by atoms with Crippen LogP contribution in [0.1, 0.15) is 25.7 Å². The van der Waals surface area contributed by atoms with E-state index in [1.54, 1.807) is 29.8 Å². The molecule has 2 amide bonds. The van der Waals surface area contributed by atoms with E-state index >= 15 is 0 Å². The highest BCUT2D eigenvalue weighted by Crippen LogP contribution is 2.20. The number of anilines is 1. The fourth-order valence-corrected chi connectivity index (χ4v) is 3.71. The normalized spacial score (nSPS) is 22.6. The summed E-state index contributed by atoms with van der Waals surface area (Å²) in [5.74, 6) is 1.35. The molecule has 2 bridgehead atoms. The Kier molecular flexibility index (Phi) is 5.32. The van der Waals surface area contributed by atoms with Crippen molar-refractivity contribution in [3.05, 3.63) is 42.8 Å². The van der Waals surface area contributed by atoms with Crippen molar-refractivity contribution >= 4 is 18.2 Å². The van der Waals surface area contributed by atoms with Gasteiger partial charge >= 0.3 is 6.03 Å². The second-order valence-corrected chi connectivity index (χ2v) is 7.02. The first-order valence-corrected chi connectivity index (χ1v) is 9.56. The maximum Gasteiger partial charge on any atom is 0.328 e. The summed E-state index contributed by atoms with van der Waals surface area (Å²) in [6.07, 6.45) is 17.1. The molecule has 1 aromatic heterocycles. The second-order valence-electron chi connectivity index (χ2n) is 7.02. The molecule has 0 aromatic carbocycles. The van der Waals surface area contributed by atoms with Crippen LogP contribution in [0.2, 0.25) is 0 Å². The summed E-state index contributed by atoms with van der Waals surface area (Å²) in [5.41, 5.74) is 0. The van der Waals surface area contributed by atoms with E-state index in [0.29, 0.717) is 5.82 Å². The minimum Gasteiger partial charge on any atom is -0.375 e. The lowest BCUT2D eigenvalue weighted by molar-refractivity contribution is 0.223. The van der Waals surface area contributed by atoms with E-state index in [9.17, 15) is 4.79 Å². The van der Waals surface area contributed by atoms with Crippen LogP contribution in [0.3, 0.4) is 0 Å². The van der Waals surface area contributed by atoms with Crippen molar-refractivity contribution < 1.29 is 4.79 Å². The van der Waals surface area contributed by atoms with E-state index in [-0.39, 0.29) is 12.1 Å². The summed E-state index contributed by atoms with van der Waals surface area (Å²) in [6, 6.07) is -0.149. The van der Waals surface area contributed by atoms with Crippen molar-refractivity contribution in [2.24, 2.45) is 4.99 Å². The summed E-state index contributed by atoms with van der Waals surface area (Å²) >= 11 is 0. The number of piperidine rings is 1. The summed E-state index contributed by atoms with van der Waals surface area (Å²) in [7, 11) is 0. The molecule has 1 aromatic rings. The topological polar surface area (TPSA) is 77.0 Å². The Balaban J connectivity index is 1.56. The Labute approximate surface area is 159 Å². The first-order chi connectivity index (χ1) is 13.3. The number of aliphatic imine (C=N–C) groups is 1. The van der Waals surface area contributed by atoms with Crippen molar-refractivity contribution in [1.82, 2.24) is 24.7 Å². The minimum atomic E-state index is -0.228. The second kappa shape index (κ2) is 8.20. The molecular formula is C19H25N7O. The number of nitrogens with one attached hydrogen (secondary N) is 1. The largest absolute Gasteiger partial charge is 0.375 e. The summed E-state index contributed by atoms with van der Waals surface area (Å²) in [6.45, 7) is 3.74. The van der Waals surface area contributed by atoms with Crippen LogP contribution >= 0.6 is 0 Å². The third-order valence-corrected chi connectivity index (χ3v) is 5.16. The first-order valence-electron chi connectivity index (χ1n) is 9.56. The zero-order valence-corrected chi connectivity index (χ0v) is 15.4. The van der Waals surface area contributed by atoms with E-state index in [0.717, 1.165) is 38.4 Å². The number of rotatable bonds is 2. The summed E-state index contributed by atoms with van der Waals surface area (Å²) < 4.78 is 0. The molecule has 8 nitrogen and oxygen atoms in total. The van der Waals surface area contributed by atoms with E-state index in [1.807, 2.05) is 6.08 Å². The third-order valence-electron chi connectivity index (χ3n) is 5.16. The van der Waals surface area contributed by atoms with Gasteiger partial charge in [-0.05, 0) is 44.0 Å². The van der Waals surface area contributed by atoms with Gasteiger partial charge < -0.3 is 9.80 Å². The lowest BCUT2D eigenvalue weighted by Gasteiger charge is -2.30. The number of allylic oxidation sites excluding steroid dienone is 2. The molecule has 3 aliphatic rings. The lowest BCUT2D eigenvalue weighted by Crippen LogP contribution is -2.43. The van der Waals surface area contributed by atoms with Crippen molar-refractivity contribution in [3.63, 3.8) is 0 Å². The molecule has 4 rings (SSSR count). The minimum absolute atomic E-state index is 0.0794. The highest BCUT2D eigenvalue weighted by atomic mass is 16.2. The van der Waals surface area contributed by atoms with Crippen LogP contribution in [0.15, 0.2) is 47.8 Å². The average molecular weight is 367 g/mol. The average Bonchev–Trinajstić information content (AvgIpc) is 3.16. The van der Waals surface area contributed by atoms with Crippen molar-refractivity contribution in [2.75, 3.05) is 31.5 Å². The number of hydrogen-bond donors (Lipinski definition) is 1. The Morgan fingerprint density at radius 1 is 1.15 bits per heavy atom. The zero-order chi connectivity index (χ0) is 18.5. The van der Waals surface area contributed by atoms with Gasteiger partial charge in [-0.1, -0.05) is 0 Å². The van der Waals surface area contributed by atoms with Crippen molar-refractivity contribution in [3.8, 4) is 0 Å². The van der Waals surface area contributed by atoms with E-state index < -0.39 is 0 Å². The number of urea groups is 1. The quantitative estimate of drug-likeness (QED) is 0.868. The van der Waals surface area contributed by atoms with Crippen LogP contribution < -0.4 is 5.32 Å². The van der Waals surface area contributed by atoms with Crippen LogP contribution in [0, 0.1) is 0 Å². The molecule has 1 atom stereocenters. The molecular weight excluding hydrogens is 342 g/mol. The van der Waals surface area contributed by atoms with Crippen LogP contribution in [0.5, 0.6) is 0 Å². The van der Waals surface area contributed by atoms with E-state index in [4.69, 9.17) is 4.99 Å². The molecule has 0 spiro atoms. The number of nitrogens with zero attached hydrogens (tertiary/aromatic N) is 6. The highest BCUT2D eigenvalue weighted by molar-refractivity contribution is 5.96. The molecule has 0 unspecified atom stereocenters. The van der Waals surface area contributed by atoms with Crippen LogP contribution in [0.4, 0.5) is 10.6 Å². The molecule has 8 heteroatoms. The standard InChI is InChI=1S/C19H25N7O/c27-19(23-17-13-20-7-8-21-17)26-15-22-18(25-10-2-1-3-11-25)5-4-9-24-12-6-16(26)14-24/h4-5,7-9,13,15-16H,1-3,6,10-12,14H2,(H,21,23,27)/t16-/m0/s1. The molecule has 0 aliphatic carbocycles. The van der Waals surface area contributed by atoms with Gasteiger partial charge in [-0.2, -0.15) is 0 Å². The number of carbonyl (C=O) groups excluding carboxylic acids is 1. The monoisotopic (exact) mass is 367 g/mol. The van der Waals surface area contributed by atoms with Gasteiger partial charge in [0, 0.05) is 38.6 Å². The van der Waals surface area contributed by atoms with Gasteiger partial charge in [-0.3, -0.25) is 15.2 Å².